The molecule has 0 rings (SSSR count). The molecule has 0 bridgehead atoms. The fourth-order valence-electron chi connectivity index (χ4n) is 0. The quantitative estimate of drug-likeness (QED) is 0.355. The van der Waals surface area contributed by atoms with Crippen LogP contribution in [0.25, 0.3) is 0 Å². The summed E-state index contributed by atoms with van der Waals surface area (Å²) in [4.78, 5) is 26.3. The van der Waals surface area contributed by atoms with Crippen LogP contribution in [0.4, 0.5) is 12.6 Å². The molecule has 0 saturated heterocycles. The number of hydrogen-bond donors (Lipinski definition) is 0. The van der Waals surface area contributed by atoms with E-state index in [4.69, 9.17) is 28.4 Å². The molecule has 0 aliphatic rings. The number of hydrogen-bond acceptors (Lipinski definition) is 6. The maximum atomic E-state index is 10.5. The monoisotopic (exact) mass is 514 g/mol. The van der Waals surface area contributed by atoms with Crippen LogP contribution < -0.4 is 14.7 Å². The van der Waals surface area contributed by atoms with Crippen molar-refractivity contribution in [2.75, 3.05) is 0 Å². The van der Waals surface area contributed by atoms with Gasteiger partial charge in [0.25, 0.3) is 21.1 Å². The van der Waals surface area contributed by atoms with E-state index in [0.29, 0.717) is 0 Å². The smallest absolute Gasteiger partial charge is 1.00 e. The minimum Gasteiger partial charge on any atom is -1.00 e. The average molecular weight is 516 g/mol. The number of halogens is 6. The molecule has 0 aromatic carbocycles. The third-order valence-corrected chi connectivity index (χ3v) is 0. The Bertz CT molecular complexity index is 235. The summed E-state index contributed by atoms with van der Waals surface area (Å²) in [5.41, 5.74) is 0. The van der Waals surface area contributed by atoms with Crippen molar-refractivity contribution < 1.29 is 43.8 Å². The first-order chi connectivity index (χ1) is 6.00. The normalized spacial score (nSPS) is 18.9. The van der Waals surface area contributed by atoms with Gasteiger partial charge in [-0.15, -0.1) is 0 Å². The van der Waals surface area contributed by atoms with Crippen LogP contribution in [-0.4, -0.2) is 62.2 Å². The first-order valence-electron chi connectivity index (χ1n) is 2.11. The molecule has 17 heteroatoms. The van der Waals surface area contributed by atoms with Crippen LogP contribution >= 0.6 is 54.8 Å². The second-order valence-corrected chi connectivity index (χ2v) is 7.36. The summed E-state index contributed by atoms with van der Waals surface area (Å²) in [6, 6.07) is 0. The first-order valence-corrected chi connectivity index (χ1v) is 9.37. The molecule has 102 valence electrons. The fourth-order valence-corrected chi connectivity index (χ4v) is 0. The summed E-state index contributed by atoms with van der Waals surface area (Å²) in [5, 5.41) is 0. The topological polar surface area (TPSA) is 120 Å². The van der Waals surface area contributed by atoms with E-state index in [1.807, 2.05) is 0 Å². The van der Waals surface area contributed by atoms with Crippen molar-refractivity contribution in [3.05, 3.63) is 0 Å². The summed E-state index contributed by atoms with van der Waals surface area (Å²) < 4.78 is 57.6. The summed E-state index contributed by atoms with van der Waals surface area (Å²) in [6.07, 6.45) is 0. The van der Waals surface area contributed by atoms with Crippen LogP contribution in [0.5, 0.6) is 0 Å². The molecule has 0 aliphatic carbocycles. The van der Waals surface area contributed by atoms with Crippen molar-refractivity contribution in [3.63, 3.8) is 0 Å². The van der Waals surface area contributed by atoms with Gasteiger partial charge in [0.05, 0.1) is 0 Å². The second-order valence-electron chi connectivity index (χ2n) is 1.24. The minimum atomic E-state index is -4.92. The fraction of sp³-hybridized carbons (Fsp3) is 0. The molecule has 3 unspecified atom stereocenters. The van der Waals surface area contributed by atoms with Gasteiger partial charge in [-0.05, 0) is 33.7 Å². The van der Waals surface area contributed by atoms with Crippen molar-refractivity contribution >= 4 is 117 Å². The number of rotatable bonds is 0. The Kier molecular flexibility index (Phi) is 27.1. The van der Waals surface area contributed by atoms with Gasteiger partial charge in [-0.1, -0.05) is 0 Å². The molecule has 0 aromatic heterocycles. The van der Waals surface area contributed by atoms with E-state index in [0.717, 1.165) is 0 Å². The maximum absolute atomic E-state index is 10.5. The van der Waals surface area contributed by atoms with E-state index in [2.05, 4.69) is 33.7 Å². The van der Waals surface area contributed by atoms with Crippen LogP contribution in [0.1, 0.15) is 2.85 Å². The molecule has 0 N–H and O–H groups in total. The summed E-state index contributed by atoms with van der Waals surface area (Å²) in [5.74, 6) is 0. The van der Waals surface area contributed by atoms with E-state index >= 15 is 0 Å². The van der Waals surface area contributed by atoms with Gasteiger partial charge >= 0.3 is 62.2 Å². The Balaban J connectivity index is -0.0000000206. The van der Waals surface area contributed by atoms with Gasteiger partial charge in [-0.25, -0.2) is 0 Å². The zero-order chi connectivity index (χ0) is 13.5. The Morgan fingerprint density at radius 2 is 0.765 bits per heavy atom. The van der Waals surface area contributed by atoms with Gasteiger partial charge < -0.3 is 17.5 Å². The summed E-state index contributed by atoms with van der Waals surface area (Å²) in [7, 11) is -14.8. The Labute approximate surface area is 159 Å². The van der Waals surface area contributed by atoms with Gasteiger partial charge in [0, 0.05) is 0 Å². The molecule has 0 amide bonds. The Morgan fingerprint density at radius 1 is 0.765 bits per heavy atom. The van der Waals surface area contributed by atoms with E-state index < -0.39 is 21.1 Å². The van der Waals surface area contributed by atoms with Gasteiger partial charge in [0.1, 0.15) is 0 Å². The second kappa shape index (κ2) is 14.3. The first kappa shape index (κ1) is 32.3. The predicted octanol–water partition coefficient (Wildman–Crippen LogP) is 1.45. The van der Waals surface area contributed by atoms with Crippen LogP contribution in [0.3, 0.4) is 0 Å². The van der Waals surface area contributed by atoms with E-state index in [-0.39, 0.29) is 65.0 Å². The third kappa shape index (κ3) is 529. The van der Waals surface area contributed by atoms with Gasteiger partial charge in [-0.2, -0.15) is 12.6 Å². The van der Waals surface area contributed by atoms with Crippen molar-refractivity contribution in [1.29, 1.82) is 0 Å². The van der Waals surface area contributed by atoms with E-state index in [1.165, 1.54) is 0 Å². The maximum Gasteiger partial charge on any atom is 3.00 e. The van der Waals surface area contributed by atoms with Crippen molar-refractivity contribution in [2.24, 2.45) is 0 Å². The predicted molar refractivity (Wildman–Crippen MR) is 57.4 cm³/mol. The SMILES string of the molecule is O=P([O-])(F)Cl.O=P([O-])(F)Cl.O=P([O-])(F)Cl.[Ca+2].[H-].[H-].[Sb+3]. The molecule has 0 saturated carbocycles. The molecule has 0 heterocycles. The summed E-state index contributed by atoms with van der Waals surface area (Å²) in [6.45, 7) is 0. The molecule has 0 aromatic rings. The van der Waals surface area contributed by atoms with Crippen molar-refractivity contribution in [3.8, 4) is 0 Å². The molecule has 0 aliphatic heterocycles. The van der Waals surface area contributed by atoms with Gasteiger partial charge in [-0.3, -0.25) is 13.7 Å². The minimum absolute atomic E-state index is 0. The van der Waals surface area contributed by atoms with Crippen LogP contribution in [0.15, 0.2) is 0 Å². The zero-order valence-corrected chi connectivity index (χ0v) is 16.9. The molecule has 0 spiro atoms. The molecular formula is H2CaCl3F3O6P3Sb. The molecule has 2 radical (unpaired) electrons. The largest absolute Gasteiger partial charge is 3.00 e. The van der Waals surface area contributed by atoms with Crippen molar-refractivity contribution in [2.45, 2.75) is 0 Å². The average Bonchev–Trinajstić information content (AvgIpc) is 1.41. The molecule has 17 heavy (non-hydrogen) atoms. The van der Waals surface area contributed by atoms with Gasteiger partial charge in [0.2, 0.25) is 0 Å². The van der Waals surface area contributed by atoms with Crippen molar-refractivity contribution in [1.82, 2.24) is 0 Å². The molecular weight excluding hydrogens is 514 g/mol. The van der Waals surface area contributed by atoms with E-state index in [1.54, 1.807) is 0 Å². The zero-order valence-electron chi connectivity index (χ0n) is 9.21. The standard InChI is InChI=1S/Ca.3ClFHO2P.Sb.2H/c;3*1-5(2,3)4;;;/h;3*(H,3,4);;;/q+2;;;;+3;2*-1/p-3. The van der Waals surface area contributed by atoms with Crippen LogP contribution in [0, 0.1) is 0 Å². The Hall–Kier alpha value is 3.31. The molecule has 6 nitrogen and oxygen atoms in total. The van der Waals surface area contributed by atoms with Crippen LogP contribution in [-0.2, 0) is 13.7 Å². The molecule has 0 fully saturated rings. The van der Waals surface area contributed by atoms with Crippen LogP contribution in [0.2, 0.25) is 0 Å². The summed E-state index contributed by atoms with van der Waals surface area (Å²) >= 11 is 11.6. The Morgan fingerprint density at radius 3 is 0.765 bits per heavy atom. The third-order valence-electron chi connectivity index (χ3n) is 0. The van der Waals surface area contributed by atoms with Gasteiger partial charge in [0.15, 0.2) is 0 Å². The van der Waals surface area contributed by atoms with E-state index in [9.17, 15) is 12.6 Å². The molecule has 3 atom stereocenters.